The van der Waals surface area contributed by atoms with Crippen molar-refractivity contribution in [3.8, 4) is 0 Å². The number of furan rings is 1. The van der Waals surface area contributed by atoms with Gasteiger partial charge in [0.15, 0.2) is 0 Å². The molecule has 1 heterocycles. The Balaban J connectivity index is 2.02. The number of para-hydroxylation sites is 1. The molecule has 23 heavy (non-hydrogen) atoms. The second-order valence-electron chi connectivity index (χ2n) is 6.04. The van der Waals surface area contributed by atoms with Crippen LogP contribution in [0, 0.1) is 5.92 Å². The van der Waals surface area contributed by atoms with Crippen LogP contribution in [0.2, 0.25) is 0 Å². The Labute approximate surface area is 136 Å². The summed E-state index contributed by atoms with van der Waals surface area (Å²) in [6, 6.07) is 8.65. The van der Waals surface area contributed by atoms with Crippen LogP contribution in [0.4, 0.5) is 0 Å². The molecule has 0 saturated heterocycles. The van der Waals surface area contributed by atoms with Gasteiger partial charge in [0.25, 0.3) is 0 Å². The van der Waals surface area contributed by atoms with E-state index in [1.807, 2.05) is 44.2 Å². The highest BCUT2D eigenvalue weighted by Gasteiger charge is 2.23. The van der Waals surface area contributed by atoms with Gasteiger partial charge in [-0.2, -0.15) is 0 Å². The maximum Gasteiger partial charge on any atom is 0.238 e. The van der Waals surface area contributed by atoms with Gasteiger partial charge in [-0.3, -0.25) is 4.79 Å². The minimum Gasteiger partial charge on any atom is -0.459 e. The van der Waals surface area contributed by atoms with Crippen LogP contribution in [0.5, 0.6) is 0 Å². The molecule has 1 aromatic carbocycles. The van der Waals surface area contributed by atoms with Gasteiger partial charge in [0.2, 0.25) is 15.9 Å². The van der Waals surface area contributed by atoms with Gasteiger partial charge in [-0.05, 0) is 24.5 Å². The molecule has 6 nitrogen and oxygen atoms in total. The predicted octanol–water partition coefficient (Wildman–Crippen LogP) is 2.01. The molecule has 1 atom stereocenters. The number of nitrogens with one attached hydrogen (secondary N) is 2. The number of carbonyl (C=O) groups is 1. The molecule has 1 amide bonds. The van der Waals surface area contributed by atoms with Gasteiger partial charge in [0, 0.05) is 5.39 Å². The average Bonchev–Trinajstić information content (AvgIpc) is 2.84. The van der Waals surface area contributed by atoms with E-state index < -0.39 is 16.1 Å². The van der Waals surface area contributed by atoms with E-state index in [1.54, 1.807) is 0 Å². The number of benzene rings is 1. The average molecular weight is 338 g/mol. The van der Waals surface area contributed by atoms with Crippen molar-refractivity contribution in [3.05, 3.63) is 36.1 Å². The van der Waals surface area contributed by atoms with E-state index in [4.69, 9.17) is 4.42 Å². The Morgan fingerprint density at radius 1 is 1.26 bits per heavy atom. The van der Waals surface area contributed by atoms with E-state index in [1.165, 1.54) is 0 Å². The van der Waals surface area contributed by atoms with E-state index in [0.717, 1.165) is 17.2 Å². The lowest BCUT2D eigenvalue weighted by Gasteiger charge is -2.18. The molecule has 0 aliphatic carbocycles. The number of fused-ring (bicyclic) bond motifs is 1. The monoisotopic (exact) mass is 338 g/mol. The molecule has 2 N–H and O–H groups in total. The molecule has 0 fully saturated rings. The zero-order valence-electron chi connectivity index (χ0n) is 13.5. The summed E-state index contributed by atoms with van der Waals surface area (Å²) in [4.78, 5) is 12.3. The minimum atomic E-state index is -3.45. The fourth-order valence-corrected chi connectivity index (χ4v) is 3.08. The third-order valence-corrected chi connectivity index (χ3v) is 4.01. The number of hydrogen-bond donors (Lipinski definition) is 2. The summed E-state index contributed by atoms with van der Waals surface area (Å²) in [5.74, 6) is 0.456. The first kappa shape index (κ1) is 17.5. The van der Waals surface area contributed by atoms with Crippen molar-refractivity contribution in [1.82, 2.24) is 10.0 Å². The highest BCUT2D eigenvalue weighted by atomic mass is 32.2. The maximum atomic E-state index is 12.3. The van der Waals surface area contributed by atoms with Crippen LogP contribution >= 0.6 is 0 Å². The normalized spacial score (nSPS) is 13.4. The van der Waals surface area contributed by atoms with Crippen molar-refractivity contribution >= 4 is 26.9 Å². The van der Waals surface area contributed by atoms with Gasteiger partial charge in [0.1, 0.15) is 17.4 Å². The van der Waals surface area contributed by atoms with E-state index in [-0.39, 0.29) is 18.4 Å². The summed E-state index contributed by atoms with van der Waals surface area (Å²) in [6.45, 7) is 4.08. The maximum absolute atomic E-state index is 12.3. The van der Waals surface area contributed by atoms with Crippen molar-refractivity contribution < 1.29 is 17.6 Å². The van der Waals surface area contributed by atoms with Crippen molar-refractivity contribution in [3.63, 3.8) is 0 Å². The lowest BCUT2D eigenvalue weighted by Crippen LogP contribution is -2.46. The highest BCUT2D eigenvalue weighted by Crippen LogP contribution is 2.18. The van der Waals surface area contributed by atoms with E-state index in [9.17, 15) is 13.2 Å². The molecule has 0 aliphatic rings. The Morgan fingerprint density at radius 3 is 2.57 bits per heavy atom. The van der Waals surface area contributed by atoms with Crippen LogP contribution < -0.4 is 10.0 Å². The third kappa shape index (κ3) is 5.37. The first-order chi connectivity index (χ1) is 10.7. The molecule has 0 radical (unpaired) electrons. The SMILES string of the molecule is CC(C)C[C@@H](NS(C)(=O)=O)C(=O)NCc1cc2ccccc2o1. The van der Waals surface area contributed by atoms with Crippen LogP contribution in [-0.4, -0.2) is 26.6 Å². The lowest BCUT2D eigenvalue weighted by atomic mass is 10.0. The van der Waals surface area contributed by atoms with Gasteiger partial charge in [-0.15, -0.1) is 0 Å². The summed E-state index contributed by atoms with van der Waals surface area (Å²) >= 11 is 0. The largest absolute Gasteiger partial charge is 0.459 e. The van der Waals surface area contributed by atoms with Gasteiger partial charge in [-0.1, -0.05) is 32.0 Å². The smallest absolute Gasteiger partial charge is 0.238 e. The molecule has 0 aliphatic heterocycles. The Bertz CT molecular complexity index is 747. The molecule has 126 valence electrons. The molecule has 0 unspecified atom stereocenters. The summed E-state index contributed by atoms with van der Waals surface area (Å²) in [5, 5.41) is 3.69. The standard InChI is InChI=1S/C16H22N2O4S/c1-11(2)8-14(18-23(3,20)21)16(19)17-10-13-9-12-6-4-5-7-15(12)22-13/h4-7,9,11,14,18H,8,10H2,1-3H3,(H,17,19)/t14-/m1/s1. The molecule has 0 saturated carbocycles. The number of amides is 1. The number of sulfonamides is 1. The molecule has 7 heteroatoms. The summed E-state index contributed by atoms with van der Waals surface area (Å²) in [6.07, 6.45) is 1.48. The van der Waals surface area contributed by atoms with Gasteiger partial charge in [-0.25, -0.2) is 13.1 Å². The number of hydrogen-bond acceptors (Lipinski definition) is 4. The van der Waals surface area contributed by atoms with Crippen LogP contribution in [0.25, 0.3) is 11.0 Å². The fraction of sp³-hybridized carbons (Fsp3) is 0.438. The molecular formula is C16H22N2O4S. The lowest BCUT2D eigenvalue weighted by molar-refractivity contribution is -0.123. The van der Waals surface area contributed by atoms with Crippen molar-refractivity contribution in [2.45, 2.75) is 32.9 Å². The van der Waals surface area contributed by atoms with E-state index >= 15 is 0 Å². The first-order valence-corrected chi connectivity index (χ1v) is 9.36. The molecule has 2 rings (SSSR count). The Hall–Kier alpha value is -1.86. The minimum absolute atomic E-state index is 0.186. The number of carbonyl (C=O) groups excluding carboxylic acids is 1. The summed E-state index contributed by atoms with van der Waals surface area (Å²) < 4.78 is 30.8. The first-order valence-electron chi connectivity index (χ1n) is 7.47. The molecule has 0 bridgehead atoms. The summed E-state index contributed by atoms with van der Waals surface area (Å²) in [5.41, 5.74) is 0.754. The van der Waals surface area contributed by atoms with E-state index in [2.05, 4.69) is 10.0 Å². The zero-order chi connectivity index (χ0) is 17.0. The van der Waals surface area contributed by atoms with Crippen molar-refractivity contribution in [1.29, 1.82) is 0 Å². The second-order valence-corrected chi connectivity index (χ2v) is 7.82. The zero-order valence-corrected chi connectivity index (χ0v) is 14.3. The Morgan fingerprint density at radius 2 is 1.96 bits per heavy atom. The fourth-order valence-electron chi connectivity index (χ4n) is 2.36. The molecular weight excluding hydrogens is 316 g/mol. The quantitative estimate of drug-likeness (QED) is 0.808. The van der Waals surface area contributed by atoms with Gasteiger partial charge >= 0.3 is 0 Å². The molecule has 2 aromatic rings. The predicted molar refractivity (Wildman–Crippen MR) is 89.3 cm³/mol. The Kier molecular flexibility index (Phi) is 5.43. The van der Waals surface area contributed by atoms with Crippen molar-refractivity contribution in [2.75, 3.05) is 6.26 Å². The number of rotatable bonds is 7. The topological polar surface area (TPSA) is 88.4 Å². The van der Waals surface area contributed by atoms with Gasteiger partial charge in [0.05, 0.1) is 12.8 Å². The van der Waals surface area contributed by atoms with E-state index in [0.29, 0.717) is 12.2 Å². The van der Waals surface area contributed by atoms with Crippen LogP contribution in [0.1, 0.15) is 26.0 Å². The van der Waals surface area contributed by atoms with Crippen LogP contribution in [-0.2, 0) is 21.4 Å². The molecule has 1 aromatic heterocycles. The summed E-state index contributed by atoms with van der Waals surface area (Å²) in [7, 11) is -3.45. The van der Waals surface area contributed by atoms with Crippen molar-refractivity contribution in [2.24, 2.45) is 5.92 Å². The second kappa shape index (κ2) is 7.14. The highest BCUT2D eigenvalue weighted by molar-refractivity contribution is 7.88. The molecule has 0 spiro atoms. The van der Waals surface area contributed by atoms with Crippen LogP contribution in [0.3, 0.4) is 0 Å². The van der Waals surface area contributed by atoms with Crippen LogP contribution in [0.15, 0.2) is 34.7 Å². The third-order valence-electron chi connectivity index (χ3n) is 3.29. The van der Waals surface area contributed by atoms with Gasteiger partial charge < -0.3 is 9.73 Å².